The predicted molar refractivity (Wildman–Crippen MR) is 75.2 cm³/mol. The van der Waals surface area contributed by atoms with E-state index in [4.69, 9.17) is 0 Å². The molecule has 0 fully saturated rings. The van der Waals surface area contributed by atoms with E-state index in [9.17, 15) is 4.79 Å². The monoisotopic (exact) mass is 272 g/mol. The third-order valence-corrected chi connectivity index (χ3v) is 3.90. The average molecular weight is 272 g/mol. The van der Waals surface area contributed by atoms with E-state index in [1.54, 1.807) is 0 Å². The van der Waals surface area contributed by atoms with Crippen LogP contribution in [0.1, 0.15) is 17.7 Å². The molecule has 6 heteroatoms. The molecule has 5 nitrogen and oxygen atoms in total. The largest absolute Gasteiger partial charge is 0.301 e. The van der Waals surface area contributed by atoms with Crippen LogP contribution in [0, 0.1) is 0 Å². The van der Waals surface area contributed by atoms with Crippen molar-refractivity contribution in [1.29, 1.82) is 0 Å². The van der Waals surface area contributed by atoms with E-state index in [1.165, 1.54) is 23.5 Å². The number of fused-ring (bicyclic) bond motifs is 1. The molecule has 3 rings (SSSR count). The summed E-state index contributed by atoms with van der Waals surface area (Å²) in [6.45, 7) is 2.08. The molecule has 19 heavy (non-hydrogen) atoms. The van der Waals surface area contributed by atoms with E-state index in [0.717, 1.165) is 0 Å². The molecule has 0 radical (unpaired) electrons. The minimum Gasteiger partial charge on any atom is -0.301 e. The number of thioether (sulfide) groups is 1. The molecule has 0 saturated carbocycles. The number of benzene rings is 1. The fourth-order valence-corrected chi connectivity index (χ4v) is 2.76. The number of nitrogens with one attached hydrogen (secondary N) is 2. The van der Waals surface area contributed by atoms with Crippen LogP contribution in [0.25, 0.3) is 11.0 Å². The standard InChI is InChI=1S/C13H12N4OS/c1-8(9-5-3-2-4-6-9)19-13-15-11-10(7-14-17-11)12(18)16-13/h2-8H,1H3,(H2,14,15,16,17,18). The maximum atomic E-state index is 11.8. The summed E-state index contributed by atoms with van der Waals surface area (Å²) in [5.74, 6) is 0. The lowest BCUT2D eigenvalue weighted by molar-refractivity contribution is 0.946. The van der Waals surface area contributed by atoms with Crippen LogP contribution < -0.4 is 5.56 Å². The number of aromatic nitrogens is 4. The van der Waals surface area contributed by atoms with Crippen molar-refractivity contribution in [2.24, 2.45) is 0 Å². The van der Waals surface area contributed by atoms with Crippen LogP contribution in [-0.2, 0) is 0 Å². The summed E-state index contributed by atoms with van der Waals surface area (Å²) in [5, 5.41) is 7.83. The van der Waals surface area contributed by atoms with Crippen LogP contribution in [0.3, 0.4) is 0 Å². The van der Waals surface area contributed by atoms with Gasteiger partial charge in [-0.3, -0.25) is 9.89 Å². The number of hydrogen-bond donors (Lipinski definition) is 2. The molecule has 1 unspecified atom stereocenters. The van der Waals surface area contributed by atoms with Crippen molar-refractivity contribution in [3.63, 3.8) is 0 Å². The first-order chi connectivity index (χ1) is 9.24. The second-order valence-corrected chi connectivity index (χ2v) is 5.50. The van der Waals surface area contributed by atoms with Gasteiger partial charge in [-0.2, -0.15) is 5.10 Å². The van der Waals surface area contributed by atoms with Crippen molar-refractivity contribution in [2.75, 3.05) is 0 Å². The minimum absolute atomic E-state index is 0.165. The first kappa shape index (κ1) is 12.0. The molecule has 0 amide bonds. The van der Waals surface area contributed by atoms with Crippen molar-refractivity contribution >= 4 is 22.8 Å². The van der Waals surface area contributed by atoms with Crippen LogP contribution >= 0.6 is 11.8 Å². The van der Waals surface area contributed by atoms with E-state index in [1.807, 2.05) is 18.2 Å². The maximum Gasteiger partial charge on any atom is 0.262 e. The van der Waals surface area contributed by atoms with Crippen molar-refractivity contribution in [1.82, 2.24) is 20.2 Å². The summed E-state index contributed by atoms with van der Waals surface area (Å²) in [5.41, 5.74) is 1.55. The summed E-state index contributed by atoms with van der Waals surface area (Å²) >= 11 is 1.51. The highest BCUT2D eigenvalue weighted by atomic mass is 32.2. The summed E-state index contributed by atoms with van der Waals surface area (Å²) in [7, 11) is 0. The normalized spacial score (nSPS) is 12.7. The lowest BCUT2D eigenvalue weighted by Crippen LogP contribution is -2.08. The third kappa shape index (κ3) is 2.39. The zero-order valence-corrected chi connectivity index (χ0v) is 11.1. The Morgan fingerprint density at radius 1 is 1.26 bits per heavy atom. The van der Waals surface area contributed by atoms with Gasteiger partial charge in [0.05, 0.1) is 6.20 Å². The lowest BCUT2D eigenvalue weighted by Gasteiger charge is -2.10. The number of H-pyrrole nitrogens is 2. The topological polar surface area (TPSA) is 74.4 Å². The molecule has 1 atom stereocenters. The molecule has 0 aliphatic rings. The van der Waals surface area contributed by atoms with Gasteiger partial charge in [-0.05, 0) is 12.5 Å². The second kappa shape index (κ2) is 4.89. The van der Waals surface area contributed by atoms with Gasteiger partial charge in [0.2, 0.25) is 0 Å². The van der Waals surface area contributed by atoms with Gasteiger partial charge in [-0.1, -0.05) is 42.1 Å². The van der Waals surface area contributed by atoms with Gasteiger partial charge in [-0.15, -0.1) is 0 Å². The van der Waals surface area contributed by atoms with Gasteiger partial charge >= 0.3 is 0 Å². The SMILES string of the molecule is CC(Sc1nc2[nH]ncc2c(=O)[nH]1)c1ccccc1. The quantitative estimate of drug-likeness (QED) is 0.567. The Balaban J connectivity index is 1.91. The zero-order valence-electron chi connectivity index (χ0n) is 10.3. The zero-order chi connectivity index (χ0) is 13.2. The fraction of sp³-hybridized carbons (Fsp3) is 0.154. The van der Waals surface area contributed by atoms with Gasteiger partial charge < -0.3 is 4.98 Å². The first-order valence-electron chi connectivity index (χ1n) is 5.89. The van der Waals surface area contributed by atoms with Gasteiger partial charge in [-0.25, -0.2) is 4.98 Å². The van der Waals surface area contributed by atoms with Crippen molar-refractivity contribution in [2.45, 2.75) is 17.3 Å². The van der Waals surface area contributed by atoms with Crippen LogP contribution in [0.2, 0.25) is 0 Å². The summed E-state index contributed by atoms with van der Waals surface area (Å²) in [6, 6.07) is 10.1. The first-order valence-corrected chi connectivity index (χ1v) is 6.77. The Morgan fingerprint density at radius 3 is 2.84 bits per heavy atom. The number of hydrogen-bond acceptors (Lipinski definition) is 4. The van der Waals surface area contributed by atoms with E-state index < -0.39 is 0 Å². The molecule has 0 aliphatic carbocycles. The van der Waals surface area contributed by atoms with Gasteiger partial charge in [0.15, 0.2) is 10.8 Å². The van der Waals surface area contributed by atoms with E-state index in [2.05, 4.69) is 39.2 Å². The smallest absolute Gasteiger partial charge is 0.262 e. The summed E-state index contributed by atoms with van der Waals surface area (Å²) < 4.78 is 0. The molecular weight excluding hydrogens is 260 g/mol. The van der Waals surface area contributed by atoms with Crippen LogP contribution in [0.5, 0.6) is 0 Å². The molecule has 0 bridgehead atoms. The van der Waals surface area contributed by atoms with Crippen molar-refractivity contribution in [3.8, 4) is 0 Å². The van der Waals surface area contributed by atoms with E-state index in [-0.39, 0.29) is 10.8 Å². The molecule has 0 saturated heterocycles. The van der Waals surface area contributed by atoms with Crippen LogP contribution in [0.4, 0.5) is 0 Å². The fourth-order valence-electron chi connectivity index (χ4n) is 1.84. The van der Waals surface area contributed by atoms with Crippen LogP contribution in [0.15, 0.2) is 46.5 Å². The molecule has 2 N–H and O–H groups in total. The molecule has 1 aromatic carbocycles. The van der Waals surface area contributed by atoms with E-state index in [0.29, 0.717) is 16.2 Å². The highest BCUT2D eigenvalue weighted by Crippen LogP contribution is 2.32. The Bertz CT molecular complexity index is 750. The summed E-state index contributed by atoms with van der Waals surface area (Å²) in [4.78, 5) is 18.9. The van der Waals surface area contributed by atoms with E-state index >= 15 is 0 Å². The average Bonchev–Trinajstić information content (AvgIpc) is 2.88. The molecular formula is C13H12N4OS. The highest BCUT2D eigenvalue weighted by Gasteiger charge is 2.11. The Morgan fingerprint density at radius 2 is 2.05 bits per heavy atom. The number of nitrogens with zero attached hydrogens (tertiary/aromatic N) is 2. The third-order valence-electron chi connectivity index (χ3n) is 2.86. The lowest BCUT2D eigenvalue weighted by atomic mass is 10.2. The maximum absolute atomic E-state index is 11.8. The van der Waals surface area contributed by atoms with Gasteiger partial charge in [0, 0.05) is 5.25 Å². The Kier molecular flexibility index (Phi) is 3.08. The molecule has 2 heterocycles. The second-order valence-electron chi connectivity index (χ2n) is 4.17. The molecule has 96 valence electrons. The molecule has 0 spiro atoms. The van der Waals surface area contributed by atoms with Crippen molar-refractivity contribution < 1.29 is 0 Å². The Labute approximate surface area is 113 Å². The molecule has 0 aliphatic heterocycles. The highest BCUT2D eigenvalue weighted by molar-refractivity contribution is 7.99. The van der Waals surface area contributed by atoms with Gasteiger partial charge in [0.1, 0.15) is 5.39 Å². The van der Waals surface area contributed by atoms with Crippen LogP contribution in [-0.4, -0.2) is 20.2 Å². The Hall–Kier alpha value is -2.08. The summed E-state index contributed by atoms with van der Waals surface area (Å²) in [6.07, 6.45) is 1.48. The number of rotatable bonds is 3. The predicted octanol–water partition coefficient (Wildman–Crippen LogP) is 2.50. The molecule has 2 aromatic heterocycles. The number of aromatic amines is 2. The van der Waals surface area contributed by atoms with Crippen molar-refractivity contribution in [3.05, 3.63) is 52.4 Å². The van der Waals surface area contributed by atoms with Gasteiger partial charge in [0.25, 0.3) is 5.56 Å². The minimum atomic E-state index is -0.165. The molecule has 3 aromatic rings.